The summed E-state index contributed by atoms with van der Waals surface area (Å²) >= 11 is 12.2. The van der Waals surface area contributed by atoms with Crippen molar-refractivity contribution in [3.63, 3.8) is 0 Å². The molecule has 0 spiro atoms. The molecule has 0 amide bonds. The van der Waals surface area contributed by atoms with Crippen LogP contribution in [0.2, 0.25) is 10.0 Å². The first-order chi connectivity index (χ1) is 10.0. The molecule has 1 aliphatic heterocycles. The highest BCUT2D eigenvalue weighted by Crippen LogP contribution is 2.44. The summed E-state index contributed by atoms with van der Waals surface area (Å²) in [6, 6.07) is 7.23. The number of ether oxygens (including phenoxy) is 1. The van der Waals surface area contributed by atoms with E-state index in [-0.39, 0.29) is 5.90 Å². The molecule has 0 bridgehead atoms. The van der Waals surface area contributed by atoms with Gasteiger partial charge in [-0.05, 0) is 24.6 Å². The first kappa shape index (κ1) is 13.9. The number of nitriles is 1. The molecular weight excluding hydrogens is 311 g/mol. The zero-order chi connectivity index (χ0) is 15.1. The van der Waals surface area contributed by atoms with Crippen LogP contribution in [0.15, 0.2) is 18.2 Å². The zero-order valence-corrected chi connectivity index (χ0v) is 12.5. The number of aryl methyl sites for hydroxylation is 1. The second-order valence-corrected chi connectivity index (χ2v) is 5.63. The minimum Gasteiger partial charge on any atom is -0.422 e. The quantitative estimate of drug-likeness (QED) is 0.840. The van der Waals surface area contributed by atoms with E-state index < -0.39 is 11.8 Å². The molecular formula is C14H10Cl2N4O. The molecule has 2 atom stereocenters. The van der Waals surface area contributed by atoms with Gasteiger partial charge in [0, 0.05) is 27.2 Å². The highest BCUT2D eigenvalue weighted by Gasteiger charge is 2.40. The van der Waals surface area contributed by atoms with Crippen LogP contribution >= 0.6 is 23.2 Å². The van der Waals surface area contributed by atoms with Gasteiger partial charge in [-0.25, -0.2) is 0 Å². The van der Waals surface area contributed by atoms with Crippen molar-refractivity contribution >= 4 is 29.1 Å². The molecule has 2 N–H and O–H groups in total. The largest absolute Gasteiger partial charge is 0.422 e. The number of fused-ring (bicyclic) bond motifs is 1. The SMILES string of the molecule is Cc1[nH]nc2c1C(c1ccc(Cl)cc1Cl)C(C#N)C(=N)O2. The zero-order valence-electron chi connectivity index (χ0n) is 10.9. The Morgan fingerprint density at radius 1 is 1.43 bits per heavy atom. The number of halogens is 2. The number of H-pyrrole nitrogens is 1. The number of nitrogens with one attached hydrogen (secondary N) is 2. The molecule has 1 aromatic carbocycles. The summed E-state index contributed by atoms with van der Waals surface area (Å²) in [6.45, 7) is 1.84. The van der Waals surface area contributed by atoms with Gasteiger partial charge in [-0.15, -0.1) is 5.10 Å². The van der Waals surface area contributed by atoms with Gasteiger partial charge in [-0.3, -0.25) is 10.5 Å². The minimum absolute atomic E-state index is 0.132. The lowest BCUT2D eigenvalue weighted by Crippen LogP contribution is -2.31. The predicted molar refractivity (Wildman–Crippen MR) is 79.1 cm³/mol. The highest BCUT2D eigenvalue weighted by molar-refractivity contribution is 6.35. The van der Waals surface area contributed by atoms with Crippen LogP contribution in [0.25, 0.3) is 0 Å². The maximum atomic E-state index is 9.42. The molecule has 1 aliphatic rings. The summed E-state index contributed by atoms with van der Waals surface area (Å²) in [6.07, 6.45) is 0. The van der Waals surface area contributed by atoms with E-state index >= 15 is 0 Å². The normalized spacial score (nSPS) is 20.6. The van der Waals surface area contributed by atoms with Gasteiger partial charge in [0.05, 0.1) is 6.07 Å². The second kappa shape index (κ2) is 5.06. The van der Waals surface area contributed by atoms with Gasteiger partial charge in [0.1, 0.15) is 5.92 Å². The maximum Gasteiger partial charge on any atom is 0.243 e. The number of aromatic amines is 1. The van der Waals surface area contributed by atoms with Gasteiger partial charge >= 0.3 is 0 Å². The van der Waals surface area contributed by atoms with Crippen LogP contribution in [-0.4, -0.2) is 16.1 Å². The molecule has 0 aliphatic carbocycles. The molecule has 2 unspecified atom stereocenters. The summed E-state index contributed by atoms with van der Waals surface area (Å²) < 4.78 is 5.32. The van der Waals surface area contributed by atoms with Crippen molar-refractivity contribution < 1.29 is 4.74 Å². The Bertz CT molecular complexity index is 778. The number of hydrogen-bond acceptors (Lipinski definition) is 4. The van der Waals surface area contributed by atoms with Crippen molar-refractivity contribution in [3.8, 4) is 11.9 Å². The standard InChI is InChI=1S/C14H10Cl2N4O/c1-6-11-12(8-3-2-7(15)4-10(8)16)9(5-17)13(18)21-14(11)20-19-6/h2-4,9,12,18H,1H3,(H,19,20). The number of hydrogen-bond donors (Lipinski definition) is 2. The van der Waals surface area contributed by atoms with Gasteiger partial charge in [0.2, 0.25) is 11.8 Å². The maximum absolute atomic E-state index is 9.42. The van der Waals surface area contributed by atoms with Crippen molar-refractivity contribution in [1.82, 2.24) is 10.2 Å². The lowest BCUT2D eigenvalue weighted by atomic mass is 9.79. The highest BCUT2D eigenvalue weighted by atomic mass is 35.5. The van der Waals surface area contributed by atoms with E-state index in [4.69, 9.17) is 33.3 Å². The Labute approximate surface area is 131 Å². The van der Waals surface area contributed by atoms with Crippen LogP contribution in [0.3, 0.4) is 0 Å². The fraction of sp³-hybridized carbons (Fsp3) is 0.214. The van der Waals surface area contributed by atoms with Crippen LogP contribution in [0, 0.1) is 29.6 Å². The Kier molecular flexibility index (Phi) is 3.36. The number of benzene rings is 1. The average Bonchev–Trinajstić information content (AvgIpc) is 2.79. The summed E-state index contributed by atoms with van der Waals surface area (Å²) in [5.74, 6) is -0.977. The van der Waals surface area contributed by atoms with Crippen LogP contribution < -0.4 is 4.74 Å². The third-order valence-electron chi connectivity index (χ3n) is 3.53. The Hall–Kier alpha value is -2.03. The molecule has 106 valence electrons. The first-order valence-electron chi connectivity index (χ1n) is 6.18. The summed E-state index contributed by atoms with van der Waals surface area (Å²) in [7, 11) is 0. The first-order valence-corrected chi connectivity index (χ1v) is 6.94. The van der Waals surface area contributed by atoms with E-state index in [1.807, 2.05) is 6.92 Å². The minimum atomic E-state index is -0.757. The summed E-state index contributed by atoms with van der Waals surface area (Å²) in [4.78, 5) is 0. The van der Waals surface area contributed by atoms with Crippen LogP contribution in [0.5, 0.6) is 5.88 Å². The van der Waals surface area contributed by atoms with E-state index in [0.717, 1.165) is 16.8 Å². The van der Waals surface area contributed by atoms with Crippen molar-refractivity contribution in [3.05, 3.63) is 45.1 Å². The predicted octanol–water partition coefficient (Wildman–Crippen LogP) is 3.67. The monoisotopic (exact) mass is 320 g/mol. The summed E-state index contributed by atoms with van der Waals surface area (Å²) in [5, 5.41) is 25.2. The fourth-order valence-electron chi connectivity index (χ4n) is 2.57. The number of rotatable bonds is 1. The van der Waals surface area contributed by atoms with Crippen LogP contribution in [-0.2, 0) is 0 Å². The third kappa shape index (κ3) is 2.17. The van der Waals surface area contributed by atoms with Gasteiger partial charge < -0.3 is 4.74 Å². The Balaban J connectivity index is 2.24. The van der Waals surface area contributed by atoms with Crippen molar-refractivity contribution in [2.24, 2.45) is 5.92 Å². The molecule has 7 heteroatoms. The van der Waals surface area contributed by atoms with E-state index in [0.29, 0.717) is 15.9 Å². The van der Waals surface area contributed by atoms with E-state index in [9.17, 15) is 5.26 Å². The molecule has 0 saturated carbocycles. The number of nitrogens with zero attached hydrogens (tertiary/aromatic N) is 2. The van der Waals surface area contributed by atoms with Crippen LogP contribution in [0.1, 0.15) is 22.7 Å². The lowest BCUT2D eigenvalue weighted by molar-refractivity contribution is 0.436. The molecule has 0 radical (unpaired) electrons. The van der Waals surface area contributed by atoms with Gasteiger partial charge in [-0.2, -0.15) is 5.26 Å². The smallest absolute Gasteiger partial charge is 0.243 e. The second-order valence-electron chi connectivity index (χ2n) is 4.78. The molecule has 3 rings (SSSR count). The molecule has 2 aromatic rings. The molecule has 0 fully saturated rings. The molecule has 2 heterocycles. The molecule has 0 saturated heterocycles. The van der Waals surface area contributed by atoms with Crippen LogP contribution in [0.4, 0.5) is 0 Å². The molecule has 21 heavy (non-hydrogen) atoms. The third-order valence-corrected chi connectivity index (χ3v) is 4.09. The topological polar surface area (TPSA) is 85.5 Å². The summed E-state index contributed by atoms with van der Waals surface area (Å²) in [5.41, 5.74) is 2.27. The van der Waals surface area contributed by atoms with Crippen molar-refractivity contribution in [2.75, 3.05) is 0 Å². The van der Waals surface area contributed by atoms with E-state index in [2.05, 4.69) is 16.3 Å². The molecule has 5 nitrogen and oxygen atoms in total. The van der Waals surface area contributed by atoms with Gasteiger partial charge in [-0.1, -0.05) is 29.3 Å². The van der Waals surface area contributed by atoms with Crippen molar-refractivity contribution in [1.29, 1.82) is 10.7 Å². The Morgan fingerprint density at radius 2 is 2.19 bits per heavy atom. The van der Waals surface area contributed by atoms with Crippen molar-refractivity contribution in [2.45, 2.75) is 12.8 Å². The lowest BCUT2D eigenvalue weighted by Gasteiger charge is -2.28. The molecule has 1 aromatic heterocycles. The average molecular weight is 321 g/mol. The van der Waals surface area contributed by atoms with Gasteiger partial charge in [0.25, 0.3) is 0 Å². The fourth-order valence-corrected chi connectivity index (χ4v) is 3.09. The number of aromatic nitrogens is 2. The Morgan fingerprint density at radius 3 is 2.86 bits per heavy atom. The van der Waals surface area contributed by atoms with Gasteiger partial charge in [0.15, 0.2) is 0 Å². The van der Waals surface area contributed by atoms with E-state index in [1.54, 1.807) is 18.2 Å². The van der Waals surface area contributed by atoms with E-state index in [1.165, 1.54) is 0 Å².